The van der Waals surface area contributed by atoms with Crippen LogP contribution >= 0.6 is 12.4 Å². The highest BCUT2D eigenvalue weighted by atomic mass is 35.5. The van der Waals surface area contributed by atoms with Crippen LogP contribution in [0.25, 0.3) is 11.4 Å². The molecule has 1 aromatic heterocycles. The first-order valence-electron chi connectivity index (χ1n) is 9.03. The highest BCUT2D eigenvalue weighted by Crippen LogP contribution is 2.26. The summed E-state index contributed by atoms with van der Waals surface area (Å²) in [5, 5.41) is 12.4. The zero-order chi connectivity index (χ0) is 18.8. The molecule has 1 amide bonds. The van der Waals surface area contributed by atoms with E-state index in [-0.39, 0.29) is 36.8 Å². The summed E-state index contributed by atoms with van der Waals surface area (Å²) >= 11 is 0. The average Bonchev–Trinajstić information content (AvgIpc) is 3.30. The molecule has 0 radical (unpaired) electrons. The van der Waals surface area contributed by atoms with Crippen LogP contribution in [0.5, 0.6) is 0 Å². The van der Waals surface area contributed by atoms with Crippen molar-refractivity contribution in [2.45, 2.75) is 25.4 Å². The van der Waals surface area contributed by atoms with Crippen molar-refractivity contribution in [2.75, 3.05) is 13.1 Å². The van der Waals surface area contributed by atoms with Crippen molar-refractivity contribution in [3.05, 3.63) is 65.7 Å². The summed E-state index contributed by atoms with van der Waals surface area (Å²) in [7, 11) is 0. The van der Waals surface area contributed by atoms with Crippen LogP contribution in [0.1, 0.15) is 17.0 Å². The number of halogens is 1. The third-order valence-corrected chi connectivity index (χ3v) is 4.98. The van der Waals surface area contributed by atoms with E-state index >= 15 is 0 Å². The Balaban J connectivity index is 0.00000225. The Morgan fingerprint density at radius 3 is 2.54 bits per heavy atom. The Morgan fingerprint density at radius 2 is 1.82 bits per heavy atom. The van der Waals surface area contributed by atoms with Crippen LogP contribution in [-0.4, -0.2) is 50.1 Å². The molecule has 3 aromatic rings. The normalized spacial score (nSPS) is 18.7. The Kier molecular flexibility index (Phi) is 6.06. The first-order chi connectivity index (χ1) is 13.1. The van der Waals surface area contributed by atoms with Gasteiger partial charge < -0.3 is 10.6 Å². The maximum absolute atomic E-state index is 12.7. The molecule has 0 bridgehead atoms. The van der Waals surface area contributed by atoms with Crippen molar-refractivity contribution < 1.29 is 4.79 Å². The number of tetrazole rings is 1. The molecule has 2 atom stereocenters. The second kappa shape index (κ2) is 8.50. The number of carbonyl (C=O) groups excluding carboxylic acids is 1. The van der Waals surface area contributed by atoms with Crippen LogP contribution in [-0.2, 0) is 11.3 Å². The summed E-state index contributed by atoms with van der Waals surface area (Å²) in [6, 6.07) is 17.9. The van der Waals surface area contributed by atoms with Crippen molar-refractivity contribution in [1.29, 1.82) is 0 Å². The van der Waals surface area contributed by atoms with Crippen LogP contribution in [0.4, 0.5) is 0 Å². The fourth-order valence-corrected chi connectivity index (χ4v) is 3.43. The number of likely N-dealkylation sites (tertiary alicyclic amines) is 1. The molecule has 0 saturated carbocycles. The van der Waals surface area contributed by atoms with E-state index in [0.717, 1.165) is 5.56 Å². The summed E-state index contributed by atoms with van der Waals surface area (Å²) in [6.07, 6.45) is 0. The molecule has 146 valence electrons. The van der Waals surface area contributed by atoms with E-state index in [1.54, 1.807) is 4.90 Å². The molecule has 1 aliphatic heterocycles. The van der Waals surface area contributed by atoms with E-state index < -0.39 is 0 Å². The Morgan fingerprint density at radius 1 is 1.11 bits per heavy atom. The number of hydrogen-bond acceptors (Lipinski definition) is 5. The number of nitrogens with zero attached hydrogens (tertiary/aromatic N) is 5. The van der Waals surface area contributed by atoms with E-state index in [1.165, 1.54) is 15.9 Å². The minimum absolute atomic E-state index is 0. The van der Waals surface area contributed by atoms with Gasteiger partial charge in [0.05, 0.1) is 0 Å². The fourth-order valence-electron chi connectivity index (χ4n) is 3.43. The van der Waals surface area contributed by atoms with Gasteiger partial charge in [0.25, 0.3) is 0 Å². The second-order valence-corrected chi connectivity index (χ2v) is 6.99. The number of rotatable bonds is 4. The molecule has 1 fully saturated rings. The van der Waals surface area contributed by atoms with Gasteiger partial charge in [-0.05, 0) is 17.7 Å². The maximum atomic E-state index is 12.7. The largest absolute Gasteiger partial charge is 0.339 e. The molecule has 8 heteroatoms. The lowest BCUT2D eigenvalue weighted by atomic mass is 9.95. The zero-order valence-corrected chi connectivity index (χ0v) is 16.4. The Hall–Kier alpha value is -2.77. The summed E-state index contributed by atoms with van der Waals surface area (Å²) in [5.74, 6) is 0.627. The highest BCUT2D eigenvalue weighted by molar-refractivity contribution is 5.85. The number of hydrogen-bond donors (Lipinski definition) is 1. The van der Waals surface area contributed by atoms with Gasteiger partial charge in [-0.25, -0.2) is 0 Å². The van der Waals surface area contributed by atoms with Crippen molar-refractivity contribution in [3.8, 4) is 11.4 Å². The van der Waals surface area contributed by atoms with E-state index in [9.17, 15) is 4.79 Å². The fraction of sp³-hybridized carbons (Fsp3) is 0.300. The summed E-state index contributed by atoms with van der Waals surface area (Å²) in [6.45, 7) is 3.24. The Labute approximate surface area is 169 Å². The molecule has 7 nitrogen and oxygen atoms in total. The van der Waals surface area contributed by atoms with Gasteiger partial charge in [-0.2, -0.15) is 4.80 Å². The standard InChI is InChI=1S/C20H22N6O.ClH/c1-14-7-9-16(10-8-14)20-22-24-26(23-20)13-19(27)25-11-17(18(21)12-25)15-5-3-2-4-6-15;/h2-10,17-18H,11-13,21H2,1H3;1H/t17-,18+;/m0./s1. The van der Waals surface area contributed by atoms with Gasteiger partial charge in [0.2, 0.25) is 11.7 Å². The van der Waals surface area contributed by atoms with E-state index in [0.29, 0.717) is 18.9 Å². The predicted molar refractivity (Wildman–Crippen MR) is 109 cm³/mol. The van der Waals surface area contributed by atoms with E-state index in [4.69, 9.17) is 5.73 Å². The molecular weight excluding hydrogens is 376 g/mol. The molecule has 2 N–H and O–H groups in total. The molecule has 1 aliphatic rings. The summed E-state index contributed by atoms with van der Waals surface area (Å²) < 4.78 is 0. The van der Waals surface area contributed by atoms with Gasteiger partial charge in [-0.3, -0.25) is 4.79 Å². The SMILES string of the molecule is Cc1ccc(-c2nnn(CC(=O)N3C[C@@H](N)[C@H](c4ccccc4)C3)n2)cc1.Cl. The molecule has 0 aliphatic carbocycles. The van der Waals surface area contributed by atoms with Gasteiger partial charge in [0, 0.05) is 30.6 Å². The molecule has 4 rings (SSSR count). The Bertz CT molecular complexity index is 927. The number of aromatic nitrogens is 4. The van der Waals surface area contributed by atoms with E-state index in [2.05, 4.69) is 27.5 Å². The van der Waals surface area contributed by atoms with Gasteiger partial charge in [-0.15, -0.1) is 22.6 Å². The van der Waals surface area contributed by atoms with Crippen LogP contribution in [0.3, 0.4) is 0 Å². The summed E-state index contributed by atoms with van der Waals surface area (Å²) in [5.41, 5.74) is 9.50. The zero-order valence-electron chi connectivity index (χ0n) is 15.6. The number of benzene rings is 2. The van der Waals surface area contributed by atoms with Gasteiger partial charge in [0.1, 0.15) is 6.54 Å². The van der Waals surface area contributed by atoms with Crippen LogP contribution in [0, 0.1) is 6.92 Å². The van der Waals surface area contributed by atoms with Crippen LogP contribution in [0.2, 0.25) is 0 Å². The molecule has 0 unspecified atom stereocenters. The minimum Gasteiger partial charge on any atom is -0.339 e. The van der Waals surface area contributed by atoms with Gasteiger partial charge >= 0.3 is 0 Å². The van der Waals surface area contributed by atoms with Crippen molar-refractivity contribution in [2.24, 2.45) is 5.73 Å². The molecular formula is C20H23ClN6O. The average molecular weight is 399 g/mol. The van der Waals surface area contributed by atoms with Crippen molar-refractivity contribution in [1.82, 2.24) is 25.1 Å². The van der Waals surface area contributed by atoms with Crippen LogP contribution < -0.4 is 5.73 Å². The summed E-state index contributed by atoms with van der Waals surface area (Å²) in [4.78, 5) is 15.8. The van der Waals surface area contributed by atoms with Crippen LogP contribution in [0.15, 0.2) is 54.6 Å². The lowest BCUT2D eigenvalue weighted by molar-refractivity contribution is -0.131. The minimum atomic E-state index is -0.0665. The van der Waals surface area contributed by atoms with Crippen molar-refractivity contribution in [3.63, 3.8) is 0 Å². The first-order valence-corrected chi connectivity index (χ1v) is 9.03. The van der Waals surface area contributed by atoms with Gasteiger partial charge in [-0.1, -0.05) is 60.2 Å². The molecule has 0 spiro atoms. The molecule has 28 heavy (non-hydrogen) atoms. The topological polar surface area (TPSA) is 89.9 Å². The predicted octanol–water partition coefficient (Wildman–Crippen LogP) is 2.02. The second-order valence-electron chi connectivity index (χ2n) is 6.99. The van der Waals surface area contributed by atoms with E-state index in [1.807, 2.05) is 49.4 Å². The monoisotopic (exact) mass is 398 g/mol. The number of aryl methyl sites for hydroxylation is 1. The quantitative estimate of drug-likeness (QED) is 0.726. The molecule has 1 saturated heterocycles. The first kappa shape index (κ1) is 20.0. The smallest absolute Gasteiger partial charge is 0.246 e. The number of amides is 1. The van der Waals surface area contributed by atoms with Gasteiger partial charge in [0.15, 0.2) is 0 Å². The lowest BCUT2D eigenvalue weighted by Gasteiger charge is -2.16. The highest BCUT2D eigenvalue weighted by Gasteiger charge is 2.34. The lowest BCUT2D eigenvalue weighted by Crippen LogP contribution is -2.34. The maximum Gasteiger partial charge on any atom is 0.246 e. The number of carbonyl (C=O) groups is 1. The third kappa shape index (κ3) is 4.21. The van der Waals surface area contributed by atoms with Crippen molar-refractivity contribution >= 4 is 18.3 Å². The third-order valence-electron chi connectivity index (χ3n) is 4.98. The molecule has 2 heterocycles. The number of nitrogens with two attached hydrogens (primary N) is 1. The molecule has 2 aromatic carbocycles.